The number of ether oxygens (including phenoxy) is 3. The van der Waals surface area contributed by atoms with Gasteiger partial charge in [-0.15, -0.1) is 0 Å². The van der Waals surface area contributed by atoms with E-state index in [0.29, 0.717) is 48.0 Å². The number of hydrogen-bond donors (Lipinski definition) is 1. The maximum Gasteiger partial charge on any atom is 0.320 e. The van der Waals surface area contributed by atoms with Gasteiger partial charge in [0.05, 0.1) is 29.0 Å². The summed E-state index contributed by atoms with van der Waals surface area (Å²) >= 11 is 0. The van der Waals surface area contributed by atoms with Gasteiger partial charge in [0.25, 0.3) is 0 Å². The topological polar surface area (TPSA) is 99.1 Å². The average Bonchev–Trinajstić information content (AvgIpc) is 3.87. The Labute approximate surface area is 287 Å². The normalized spacial score (nSPS) is 51.9. The Morgan fingerprint density at radius 1 is 0.917 bits per heavy atom. The van der Waals surface area contributed by atoms with Crippen molar-refractivity contribution < 1.29 is 33.7 Å². The molecule has 7 nitrogen and oxygen atoms in total. The van der Waals surface area contributed by atoms with E-state index in [9.17, 15) is 19.5 Å². The SMILES string of the molecule is CC(OCCCC1(O)CC2CC1C1CCCC21)C1C(=O)OC(=O)C1C1C2CCC(C2)C1C(C)(C)C(=O)OC1(C)C2CC3CC(C2)CC1C3. The molecule has 1 heterocycles. The number of carbonyl (C=O) groups excluding carboxylic acids is 3. The van der Waals surface area contributed by atoms with Gasteiger partial charge in [0, 0.05) is 6.61 Å². The first-order valence-corrected chi connectivity index (χ1v) is 20.2. The molecule has 0 aromatic heterocycles. The molecule has 1 N–H and O–H groups in total. The van der Waals surface area contributed by atoms with Crippen LogP contribution in [0.1, 0.15) is 124 Å². The molecule has 0 spiro atoms. The zero-order valence-corrected chi connectivity index (χ0v) is 29.9. The Bertz CT molecular complexity index is 1310. The van der Waals surface area contributed by atoms with Gasteiger partial charge < -0.3 is 19.3 Å². The van der Waals surface area contributed by atoms with Gasteiger partial charge in [0.1, 0.15) is 5.60 Å². The van der Waals surface area contributed by atoms with Crippen molar-refractivity contribution in [1.29, 1.82) is 0 Å². The summed E-state index contributed by atoms with van der Waals surface area (Å²) in [6.45, 7) is 8.70. The fourth-order valence-electron chi connectivity index (χ4n) is 15.4. The predicted octanol–water partition coefficient (Wildman–Crippen LogP) is 7.12. The molecule has 9 aliphatic carbocycles. The molecule has 48 heavy (non-hydrogen) atoms. The van der Waals surface area contributed by atoms with E-state index >= 15 is 0 Å². The number of cyclic esters (lactones) is 2. The molecule has 12 atom stereocenters. The summed E-state index contributed by atoms with van der Waals surface area (Å²) in [7, 11) is 0. The van der Waals surface area contributed by atoms with E-state index in [-0.39, 0.29) is 17.8 Å². The number of rotatable bonds is 10. The lowest BCUT2D eigenvalue weighted by atomic mass is 9.50. The van der Waals surface area contributed by atoms with Crippen molar-refractivity contribution in [2.45, 2.75) is 141 Å². The molecular weight excluding hydrogens is 604 g/mol. The van der Waals surface area contributed by atoms with Crippen molar-refractivity contribution in [3.63, 3.8) is 0 Å². The zero-order chi connectivity index (χ0) is 33.3. The van der Waals surface area contributed by atoms with Crippen molar-refractivity contribution in [3.05, 3.63) is 0 Å². The first-order valence-electron chi connectivity index (χ1n) is 20.2. The van der Waals surface area contributed by atoms with Crippen LogP contribution in [0.25, 0.3) is 0 Å². The third kappa shape index (κ3) is 4.73. The van der Waals surface area contributed by atoms with Crippen LogP contribution in [0.5, 0.6) is 0 Å². The Kier molecular flexibility index (Phi) is 7.61. The molecule has 0 aromatic rings. The number of aliphatic hydroxyl groups is 1. The second-order valence-electron chi connectivity index (χ2n) is 19.7. The smallest absolute Gasteiger partial charge is 0.320 e. The Hall–Kier alpha value is -1.47. The van der Waals surface area contributed by atoms with Gasteiger partial charge in [-0.25, -0.2) is 0 Å². The van der Waals surface area contributed by atoms with Crippen LogP contribution in [0.15, 0.2) is 0 Å². The number of carbonyl (C=O) groups is 3. The summed E-state index contributed by atoms with van der Waals surface area (Å²) in [5.41, 5.74) is -1.74. The average molecular weight is 665 g/mol. The highest BCUT2D eigenvalue weighted by Crippen LogP contribution is 2.65. The monoisotopic (exact) mass is 664 g/mol. The Balaban J connectivity index is 0.880. The van der Waals surface area contributed by atoms with Gasteiger partial charge in [-0.2, -0.15) is 0 Å². The summed E-state index contributed by atoms with van der Waals surface area (Å²) in [6, 6.07) is 0. The fraction of sp³-hybridized carbons (Fsp3) is 0.927. The highest BCUT2D eigenvalue weighted by Gasteiger charge is 2.65. The van der Waals surface area contributed by atoms with Gasteiger partial charge in [-0.05, 0) is 189 Å². The summed E-state index contributed by atoms with van der Waals surface area (Å²) < 4.78 is 18.5. The molecule has 9 saturated carbocycles. The molecule has 266 valence electrons. The summed E-state index contributed by atoms with van der Waals surface area (Å²) in [5, 5.41) is 11.6. The molecule has 1 saturated heterocycles. The summed E-state index contributed by atoms with van der Waals surface area (Å²) in [4.78, 5) is 41.4. The lowest BCUT2D eigenvalue weighted by molar-refractivity contribution is -0.215. The molecule has 8 bridgehead atoms. The molecule has 0 amide bonds. The predicted molar refractivity (Wildman–Crippen MR) is 178 cm³/mol. The molecular formula is C41H60O7. The van der Waals surface area contributed by atoms with E-state index in [2.05, 4.69) is 20.8 Å². The van der Waals surface area contributed by atoms with Crippen LogP contribution in [0.2, 0.25) is 0 Å². The number of esters is 3. The van der Waals surface area contributed by atoms with E-state index in [0.717, 1.165) is 56.3 Å². The van der Waals surface area contributed by atoms with Crippen molar-refractivity contribution in [2.75, 3.05) is 6.61 Å². The van der Waals surface area contributed by atoms with E-state index < -0.39 is 46.5 Å². The quantitative estimate of drug-likeness (QED) is 0.151. The molecule has 10 rings (SSSR count). The van der Waals surface area contributed by atoms with Gasteiger partial charge in [0.2, 0.25) is 0 Å². The number of hydrogen-bond acceptors (Lipinski definition) is 7. The lowest BCUT2D eigenvalue weighted by Gasteiger charge is -2.59. The minimum Gasteiger partial charge on any atom is -0.458 e. The van der Waals surface area contributed by atoms with Crippen LogP contribution in [0.3, 0.4) is 0 Å². The van der Waals surface area contributed by atoms with Crippen molar-refractivity contribution in [1.82, 2.24) is 0 Å². The fourth-order valence-corrected chi connectivity index (χ4v) is 15.4. The van der Waals surface area contributed by atoms with E-state index in [1.54, 1.807) is 0 Å². The number of fused-ring (bicyclic) bond motifs is 7. The van der Waals surface area contributed by atoms with Crippen LogP contribution in [-0.4, -0.2) is 46.9 Å². The van der Waals surface area contributed by atoms with Crippen molar-refractivity contribution in [2.24, 2.45) is 88.3 Å². The van der Waals surface area contributed by atoms with Crippen molar-refractivity contribution in [3.8, 4) is 0 Å². The molecule has 10 fully saturated rings. The van der Waals surface area contributed by atoms with Gasteiger partial charge in [-0.1, -0.05) is 6.42 Å². The summed E-state index contributed by atoms with van der Waals surface area (Å²) in [5.74, 6) is 3.45. The lowest BCUT2D eigenvalue weighted by Crippen LogP contribution is -2.59. The Morgan fingerprint density at radius 3 is 2.33 bits per heavy atom. The van der Waals surface area contributed by atoms with Crippen molar-refractivity contribution >= 4 is 17.9 Å². The zero-order valence-electron chi connectivity index (χ0n) is 29.9. The Morgan fingerprint density at radius 2 is 1.60 bits per heavy atom. The molecule has 7 heteroatoms. The highest BCUT2D eigenvalue weighted by atomic mass is 16.6. The molecule has 10 aliphatic rings. The summed E-state index contributed by atoms with van der Waals surface area (Å²) in [6.07, 6.45) is 16.3. The van der Waals surface area contributed by atoms with Gasteiger partial charge in [0.15, 0.2) is 0 Å². The second-order valence-corrected chi connectivity index (χ2v) is 19.7. The van der Waals surface area contributed by atoms with Crippen LogP contribution in [0, 0.1) is 88.3 Å². The van der Waals surface area contributed by atoms with Crippen LogP contribution < -0.4 is 0 Å². The minimum atomic E-state index is -0.767. The van der Waals surface area contributed by atoms with Gasteiger partial charge in [-0.3, -0.25) is 14.4 Å². The third-order valence-electron chi connectivity index (χ3n) is 17.2. The molecule has 0 radical (unpaired) electrons. The van der Waals surface area contributed by atoms with Crippen LogP contribution in [-0.2, 0) is 28.6 Å². The molecule has 12 unspecified atom stereocenters. The van der Waals surface area contributed by atoms with E-state index in [1.807, 2.05) is 6.92 Å². The molecule has 0 aromatic carbocycles. The second kappa shape index (κ2) is 11.3. The largest absolute Gasteiger partial charge is 0.458 e. The minimum absolute atomic E-state index is 0.0335. The maximum absolute atomic E-state index is 14.4. The van der Waals surface area contributed by atoms with E-state index in [1.165, 1.54) is 57.8 Å². The van der Waals surface area contributed by atoms with Crippen LogP contribution >= 0.6 is 0 Å². The first kappa shape index (κ1) is 32.4. The third-order valence-corrected chi connectivity index (χ3v) is 17.2. The first-order chi connectivity index (χ1) is 22.9. The highest BCUT2D eigenvalue weighted by molar-refractivity contribution is 5.97. The van der Waals surface area contributed by atoms with E-state index in [4.69, 9.17) is 14.2 Å². The standard InChI is InChI=1S/C41H60O7/c1-21(46-12-6-11-41(45)20-26-19-31(41)30-8-5-7-29(26)30)32-34(37(43)47-36(32)42)33-24-9-10-25(18-24)35(33)39(2,3)38(44)48-40(4)27-14-22-13-23(16-27)17-28(40)15-22/h21-35,45H,5-20H2,1-4H3. The molecule has 1 aliphatic heterocycles. The van der Waals surface area contributed by atoms with Gasteiger partial charge >= 0.3 is 17.9 Å². The van der Waals surface area contributed by atoms with Crippen LogP contribution in [0.4, 0.5) is 0 Å². The maximum atomic E-state index is 14.4.